The van der Waals surface area contributed by atoms with Gasteiger partial charge in [0.15, 0.2) is 5.78 Å². The van der Waals surface area contributed by atoms with Gasteiger partial charge in [0.1, 0.15) is 11.5 Å². The molecular weight excluding hydrogens is 702 g/mol. The summed E-state index contributed by atoms with van der Waals surface area (Å²) >= 11 is 0. The van der Waals surface area contributed by atoms with E-state index < -0.39 is 25.2 Å². The van der Waals surface area contributed by atoms with E-state index in [1.807, 2.05) is 75.4 Å². The molecule has 1 atom stereocenters. The Bertz CT molecular complexity index is 2400. The number of hydrogen-bond donors (Lipinski definition) is 0. The number of para-hydroxylation sites is 1. The zero-order valence-corrected chi connectivity index (χ0v) is 32.3. The van der Waals surface area contributed by atoms with Crippen LogP contribution in [0.1, 0.15) is 96.6 Å². The van der Waals surface area contributed by atoms with Crippen molar-refractivity contribution in [2.24, 2.45) is 11.1 Å². The number of aryl methyl sites for hydroxylation is 3. The van der Waals surface area contributed by atoms with Crippen molar-refractivity contribution < 1.29 is 32.3 Å². The molecule has 0 radical (unpaired) electrons. The van der Waals surface area contributed by atoms with Crippen molar-refractivity contribution in [1.29, 1.82) is 0 Å². The van der Waals surface area contributed by atoms with E-state index >= 15 is 0 Å². The van der Waals surface area contributed by atoms with Crippen molar-refractivity contribution >= 4 is 50.0 Å². The Kier molecular flexibility index (Phi) is 11.8. The molecule has 286 valence electrons. The van der Waals surface area contributed by atoms with Crippen molar-refractivity contribution in [1.82, 2.24) is 4.57 Å². The standard InChI is InChI=1S/C46H47F3N2O4/c1-7-9-14-32(8-2)27-51-40-20-19-33(43(50-55-31(6)52)36-17-12-13-18-41(36)54-22-21-46(47,48)49)25-37(40)38-26-39(34-15-10-11-16-35(34)44(38)51)45(53)42-29(4)23-28(3)24-30(42)5/h10-13,15-20,23-26,32H,7-9,14,21-22,27H2,1-6H3. The Balaban J connectivity index is 1.63. The lowest BCUT2D eigenvalue weighted by atomic mass is 9.89. The van der Waals surface area contributed by atoms with Crippen LogP contribution in [0.5, 0.6) is 5.75 Å². The molecule has 6 rings (SSSR count). The van der Waals surface area contributed by atoms with Crippen molar-refractivity contribution in [2.45, 2.75) is 86.4 Å². The van der Waals surface area contributed by atoms with Gasteiger partial charge in [0.25, 0.3) is 0 Å². The predicted octanol–water partition coefficient (Wildman–Crippen LogP) is 12.0. The molecule has 0 aliphatic carbocycles. The second kappa shape index (κ2) is 16.5. The number of fused-ring (bicyclic) bond motifs is 5. The van der Waals surface area contributed by atoms with E-state index in [4.69, 9.17) is 9.57 Å². The Morgan fingerprint density at radius 1 is 0.818 bits per heavy atom. The molecule has 0 bridgehead atoms. The Morgan fingerprint density at radius 3 is 2.18 bits per heavy atom. The Hall–Kier alpha value is -5.44. The highest BCUT2D eigenvalue weighted by atomic mass is 19.4. The second-order valence-electron chi connectivity index (χ2n) is 14.5. The minimum atomic E-state index is -4.39. The second-order valence-corrected chi connectivity index (χ2v) is 14.5. The summed E-state index contributed by atoms with van der Waals surface area (Å²) in [5, 5.41) is 7.81. The van der Waals surface area contributed by atoms with Gasteiger partial charge in [-0.15, -0.1) is 0 Å². The van der Waals surface area contributed by atoms with Gasteiger partial charge in [0.2, 0.25) is 0 Å². The van der Waals surface area contributed by atoms with Gasteiger partial charge in [-0.25, -0.2) is 4.79 Å². The van der Waals surface area contributed by atoms with Crippen molar-refractivity contribution in [3.63, 3.8) is 0 Å². The first-order valence-electron chi connectivity index (χ1n) is 19.0. The largest absolute Gasteiger partial charge is 0.493 e. The van der Waals surface area contributed by atoms with Gasteiger partial charge < -0.3 is 14.1 Å². The summed E-state index contributed by atoms with van der Waals surface area (Å²) in [6, 6.07) is 26.6. The maximum Gasteiger partial charge on any atom is 0.392 e. The van der Waals surface area contributed by atoms with Crippen LogP contribution in [0.4, 0.5) is 13.2 Å². The van der Waals surface area contributed by atoms with Crippen molar-refractivity contribution in [3.05, 3.63) is 124 Å². The fourth-order valence-electron chi connectivity index (χ4n) is 7.77. The van der Waals surface area contributed by atoms with Crippen LogP contribution in [0.25, 0.3) is 32.6 Å². The molecule has 0 aliphatic rings. The molecule has 6 nitrogen and oxygen atoms in total. The molecule has 0 saturated heterocycles. The van der Waals surface area contributed by atoms with Gasteiger partial charge in [-0.1, -0.05) is 98.4 Å². The van der Waals surface area contributed by atoms with Crippen LogP contribution in [-0.2, 0) is 16.2 Å². The van der Waals surface area contributed by atoms with E-state index in [-0.39, 0.29) is 17.2 Å². The van der Waals surface area contributed by atoms with Crippen LogP contribution in [-0.4, -0.2) is 34.8 Å². The van der Waals surface area contributed by atoms with Crippen LogP contribution in [0, 0.1) is 26.7 Å². The normalized spacial score (nSPS) is 12.8. The lowest BCUT2D eigenvalue weighted by molar-refractivity contribution is -0.141. The summed E-state index contributed by atoms with van der Waals surface area (Å²) < 4.78 is 47.2. The third-order valence-electron chi connectivity index (χ3n) is 10.3. The summed E-state index contributed by atoms with van der Waals surface area (Å²) in [5.41, 5.74) is 7.33. The van der Waals surface area contributed by atoms with Gasteiger partial charge in [0.05, 0.1) is 18.5 Å². The monoisotopic (exact) mass is 748 g/mol. The van der Waals surface area contributed by atoms with Crippen LogP contribution in [0.3, 0.4) is 0 Å². The van der Waals surface area contributed by atoms with Gasteiger partial charge in [-0.05, 0) is 80.0 Å². The topological polar surface area (TPSA) is 69.9 Å². The number of oxime groups is 1. The molecule has 0 aliphatic heterocycles. The summed E-state index contributed by atoms with van der Waals surface area (Å²) in [4.78, 5) is 31.9. The quantitative estimate of drug-likeness (QED) is 0.0481. The van der Waals surface area contributed by atoms with Crippen LogP contribution >= 0.6 is 0 Å². The zero-order valence-electron chi connectivity index (χ0n) is 32.3. The molecule has 0 fully saturated rings. The predicted molar refractivity (Wildman–Crippen MR) is 214 cm³/mol. The number of carbonyl (C=O) groups is 2. The third kappa shape index (κ3) is 8.46. The fourth-order valence-corrected chi connectivity index (χ4v) is 7.77. The first kappa shape index (κ1) is 39.3. The summed E-state index contributed by atoms with van der Waals surface area (Å²) in [7, 11) is 0. The SMILES string of the molecule is CCCCC(CC)Cn1c2ccc(C(=NOC(C)=O)c3ccccc3OCCC(F)(F)F)cc2c2cc(C(=O)c3c(C)cc(C)cc3C)c3ccccc3c21. The fraction of sp³-hybridized carbons (Fsp3) is 0.326. The zero-order chi connectivity index (χ0) is 39.4. The third-order valence-corrected chi connectivity index (χ3v) is 10.3. The molecule has 6 aromatic rings. The van der Waals surface area contributed by atoms with E-state index in [1.165, 1.54) is 6.92 Å². The average Bonchev–Trinajstić information content (AvgIpc) is 3.44. The molecule has 0 saturated carbocycles. The average molecular weight is 749 g/mol. The highest BCUT2D eigenvalue weighted by Gasteiger charge is 2.28. The van der Waals surface area contributed by atoms with E-state index in [0.717, 1.165) is 81.5 Å². The van der Waals surface area contributed by atoms with E-state index in [2.05, 4.69) is 29.6 Å². The molecule has 0 amide bonds. The van der Waals surface area contributed by atoms with E-state index in [9.17, 15) is 22.8 Å². The minimum Gasteiger partial charge on any atom is -0.493 e. The lowest BCUT2D eigenvalue weighted by Crippen LogP contribution is -2.15. The maximum absolute atomic E-state index is 14.7. The number of benzene rings is 5. The first-order valence-corrected chi connectivity index (χ1v) is 19.0. The van der Waals surface area contributed by atoms with Crippen LogP contribution < -0.4 is 4.74 Å². The summed E-state index contributed by atoms with van der Waals surface area (Å²) in [6.07, 6.45) is -1.21. The number of rotatable bonds is 14. The van der Waals surface area contributed by atoms with E-state index in [0.29, 0.717) is 28.2 Å². The highest BCUT2D eigenvalue weighted by molar-refractivity contribution is 6.27. The molecule has 0 N–H and O–H groups in total. The van der Waals surface area contributed by atoms with Crippen LogP contribution in [0.15, 0.2) is 90.1 Å². The number of nitrogens with zero attached hydrogens (tertiary/aromatic N) is 2. The minimum absolute atomic E-state index is 0.0541. The maximum atomic E-state index is 14.7. The first-order chi connectivity index (χ1) is 26.3. The Labute approximate surface area is 319 Å². The number of carbonyl (C=O) groups excluding carboxylic acids is 2. The van der Waals surface area contributed by atoms with Crippen LogP contribution in [0.2, 0.25) is 0 Å². The molecule has 1 heterocycles. The lowest BCUT2D eigenvalue weighted by Gasteiger charge is -2.19. The van der Waals surface area contributed by atoms with Crippen molar-refractivity contribution in [3.8, 4) is 5.75 Å². The molecular formula is C46H47F3N2O4. The number of alkyl halides is 3. The number of aromatic nitrogens is 1. The van der Waals surface area contributed by atoms with E-state index in [1.54, 1.807) is 24.3 Å². The van der Waals surface area contributed by atoms with Gasteiger partial charge in [-0.3, -0.25) is 4.79 Å². The van der Waals surface area contributed by atoms with Gasteiger partial charge >= 0.3 is 12.1 Å². The van der Waals surface area contributed by atoms with Gasteiger partial charge in [0, 0.05) is 57.4 Å². The number of unbranched alkanes of at least 4 members (excludes halogenated alkanes) is 1. The molecule has 9 heteroatoms. The number of ketones is 1. The molecule has 1 aromatic heterocycles. The Morgan fingerprint density at radius 2 is 1.51 bits per heavy atom. The number of halogens is 3. The highest BCUT2D eigenvalue weighted by Crippen LogP contribution is 2.39. The molecule has 5 aromatic carbocycles. The number of hydrogen-bond acceptors (Lipinski definition) is 5. The summed E-state index contributed by atoms with van der Waals surface area (Å²) in [5.74, 6) is -0.121. The molecule has 55 heavy (non-hydrogen) atoms. The molecule has 1 unspecified atom stereocenters. The molecule has 0 spiro atoms. The van der Waals surface area contributed by atoms with Gasteiger partial charge in [-0.2, -0.15) is 13.2 Å². The smallest absolute Gasteiger partial charge is 0.392 e. The number of ether oxygens (including phenoxy) is 1. The summed E-state index contributed by atoms with van der Waals surface area (Å²) in [6.45, 7) is 11.8. The van der Waals surface area contributed by atoms with Crippen molar-refractivity contribution in [2.75, 3.05) is 6.61 Å².